The second-order valence-electron chi connectivity index (χ2n) is 5.15. The van der Waals surface area contributed by atoms with Crippen LogP contribution in [0.4, 0.5) is 0 Å². The minimum atomic E-state index is -0.510. The third kappa shape index (κ3) is 4.99. The fourth-order valence-corrected chi connectivity index (χ4v) is 3.38. The number of oxime groups is 1. The van der Waals surface area contributed by atoms with Gasteiger partial charge in [0.1, 0.15) is 24.0 Å². The molecule has 0 aliphatic rings. The summed E-state index contributed by atoms with van der Waals surface area (Å²) >= 11 is 13.6. The normalized spacial score (nSPS) is 12.7. The monoisotopic (exact) mass is 411 g/mol. The first-order valence-electron chi connectivity index (χ1n) is 7.63. The SMILES string of the molecule is CNOC(c1cc(Cl)cc(Cl)c1)c1ccccc1/C(=N/OC)C(=N)SC. The number of hydrogen-bond acceptors (Lipinski definition) is 6. The van der Waals surface area contributed by atoms with Crippen LogP contribution in [-0.4, -0.2) is 31.2 Å². The molecule has 2 N–H and O–H groups in total. The highest BCUT2D eigenvalue weighted by Gasteiger charge is 2.23. The average molecular weight is 412 g/mol. The summed E-state index contributed by atoms with van der Waals surface area (Å²) in [7, 11) is 3.13. The summed E-state index contributed by atoms with van der Waals surface area (Å²) in [4.78, 5) is 10.7. The third-order valence-electron chi connectivity index (χ3n) is 3.52. The Bertz CT molecular complexity index is 795. The molecule has 0 heterocycles. The molecule has 2 rings (SSSR count). The zero-order chi connectivity index (χ0) is 19.1. The number of hydroxylamine groups is 1. The Hall–Kier alpha value is -1.57. The van der Waals surface area contributed by atoms with E-state index >= 15 is 0 Å². The van der Waals surface area contributed by atoms with Gasteiger partial charge >= 0.3 is 0 Å². The first-order chi connectivity index (χ1) is 12.5. The summed E-state index contributed by atoms with van der Waals surface area (Å²) < 4.78 is 0. The number of nitrogens with one attached hydrogen (secondary N) is 2. The van der Waals surface area contributed by atoms with Crippen LogP contribution in [-0.2, 0) is 9.68 Å². The molecule has 0 saturated carbocycles. The van der Waals surface area contributed by atoms with Gasteiger partial charge in [-0.1, -0.05) is 52.6 Å². The van der Waals surface area contributed by atoms with Crippen molar-refractivity contribution in [1.29, 1.82) is 5.41 Å². The molecule has 0 radical (unpaired) electrons. The predicted octanol–water partition coefficient (Wildman–Crippen LogP) is 4.92. The van der Waals surface area contributed by atoms with Crippen LogP contribution in [0, 0.1) is 5.41 Å². The smallest absolute Gasteiger partial charge is 0.141 e. The van der Waals surface area contributed by atoms with Crippen LogP contribution in [0.15, 0.2) is 47.6 Å². The van der Waals surface area contributed by atoms with Crippen molar-refractivity contribution < 1.29 is 9.68 Å². The van der Waals surface area contributed by atoms with E-state index in [2.05, 4.69) is 10.6 Å². The summed E-state index contributed by atoms with van der Waals surface area (Å²) in [6.07, 6.45) is 1.30. The molecule has 0 spiro atoms. The van der Waals surface area contributed by atoms with Crippen LogP contribution in [0.1, 0.15) is 22.8 Å². The van der Waals surface area contributed by atoms with Gasteiger partial charge in [0.15, 0.2) is 0 Å². The minimum absolute atomic E-state index is 0.284. The Morgan fingerprint density at radius 1 is 1.19 bits per heavy atom. The molecular formula is C18H19Cl2N3O2S. The first-order valence-corrected chi connectivity index (χ1v) is 9.61. The Kier molecular flexibility index (Phi) is 7.93. The molecule has 0 bridgehead atoms. The van der Waals surface area contributed by atoms with Gasteiger partial charge in [0, 0.05) is 22.7 Å². The minimum Gasteiger partial charge on any atom is -0.399 e. The predicted molar refractivity (Wildman–Crippen MR) is 110 cm³/mol. The topological polar surface area (TPSA) is 66.7 Å². The fourth-order valence-electron chi connectivity index (χ4n) is 2.50. The number of benzene rings is 2. The second-order valence-corrected chi connectivity index (χ2v) is 6.84. The second kappa shape index (κ2) is 9.94. The van der Waals surface area contributed by atoms with Gasteiger partial charge in [-0.25, -0.2) is 5.48 Å². The lowest BCUT2D eigenvalue weighted by Crippen LogP contribution is -2.20. The quantitative estimate of drug-likeness (QED) is 0.385. The van der Waals surface area contributed by atoms with E-state index in [1.807, 2.05) is 30.5 Å². The maximum Gasteiger partial charge on any atom is 0.141 e. The number of halogens is 2. The Morgan fingerprint density at radius 3 is 2.42 bits per heavy atom. The van der Waals surface area contributed by atoms with E-state index in [9.17, 15) is 0 Å². The lowest BCUT2D eigenvalue weighted by Gasteiger charge is -2.21. The Balaban J connectivity index is 2.63. The maximum absolute atomic E-state index is 8.20. The molecule has 0 aliphatic carbocycles. The molecular weight excluding hydrogens is 393 g/mol. The highest BCUT2D eigenvalue weighted by atomic mass is 35.5. The van der Waals surface area contributed by atoms with Crippen LogP contribution in [0.5, 0.6) is 0 Å². The van der Waals surface area contributed by atoms with Crippen molar-refractivity contribution in [2.75, 3.05) is 20.4 Å². The number of hydrogen-bond donors (Lipinski definition) is 2. The van der Waals surface area contributed by atoms with Crippen LogP contribution in [0.2, 0.25) is 10.0 Å². The van der Waals surface area contributed by atoms with Gasteiger partial charge in [0.2, 0.25) is 0 Å². The van der Waals surface area contributed by atoms with Gasteiger partial charge in [-0.3, -0.25) is 10.2 Å². The summed E-state index contributed by atoms with van der Waals surface area (Å²) in [6.45, 7) is 0. The molecule has 1 unspecified atom stereocenters. The molecule has 0 saturated heterocycles. The van der Waals surface area contributed by atoms with Crippen LogP contribution in [0.25, 0.3) is 0 Å². The highest BCUT2D eigenvalue weighted by Crippen LogP contribution is 2.32. The van der Waals surface area contributed by atoms with Gasteiger partial charge in [-0.05, 0) is 35.6 Å². The zero-order valence-electron chi connectivity index (χ0n) is 14.5. The van der Waals surface area contributed by atoms with Gasteiger partial charge in [-0.2, -0.15) is 0 Å². The van der Waals surface area contributed by atoms with E-state index in [1.165, 1.54) is 18.9 Å². The Labute approximate surface area is 167 Å². The zero-order valence-corrected chi connectivity index (χ0v) is 16.9. The molecule has 8 heteroatoms. The molecule has 2 aromatic carbocycles. The summed E-state index contributed by atoms with van der Waals surface area (Å²) in [6, 6.07) is 12.8. The van der Waals surface area contributed by atoms with Gasteiger partial charge in [0.25, 0.3) is 0 Å². The maximum atomic E-state index is 8.20. The van der Waals surface area contributed by atoms with E-state index in [1.54, 1.807) is 25.2 Å². The summed E-state index contributed by atoms with van der Waals surface area (Å²) in [5.41, 5.74) is 5.46. The molecule has 1 atom stereocenters. The van der Waals surface area contributed by atoms with Gasteiger partial charge in [-0.15, -0.1) is 11.8 Å². The van der Waals surface area contributed by atoms with Crippen LogP contribution < -0.4 is 5.48 Å². The molecule has 26 heavy (non-hydrogen) atoms. The van der Waals surface area contributed by atoms with Crippen molar-refractivity contribution in [2.24, 2.45) is 5.16 Å². The lowest BCUT2D eigenvalue weighted by atomic mass is 9.94. The molecule has 0 aromatic heterocycles. The Morgan fingerprint density at radius 2 is 1.85 bits per heavy atom. The first kappa shape index (κ1) is 20.7. The van der Waals surface area contributed by atoms with Crippen molar-refractivity contribution in [2.45, 2.75) is 6.10 Å². The third-order valence-corrected chi connectivity index (χ3v) is 4.56. The number of nitrogens with zero attached hydrogens (tertiary/aromatic N) is 1. The van der Waals surface area contributed by atoms with Crippen LogP contribution >= 0.6 is 35.0 Å². The fraction of sp³-hybridized carbons (Fsp3) is 0.222. The van der Waals surface area contributed by atoms with Gasteiger partial charge in [0.05, 0.1) is 0 Å². The van der Waals surface area contributed by atoms with Gasteiger partial charge < -0.3 is 4.84 Å². The van der Waals surface area contributed by atoms with E-state index < -0.39 is 6.10 Å². The van der Waals surface area contributed by atoms with Crippen molar-refractivity contribution in [1.82, 2.24) is 5.48 Å². The van der Waals surface area contributed by atoms with E-state index in [0.29, 0.717) is 15.8 Å². The molecule has 0 aliphatic heterocycles. The van der Waals surface area contributed by atoms with E-state index in [4.69, 9.17) is 38.3 Å². The summed E-state index contributed by atoms with van der Waals surface area (Å²) in [5, 5.41) is 13.5. The molecule has 5 nitrogen and oxygen atoms in total. The van der Waals surface area contributed by atoms with Crippen molar-refractivity contribution in [3.63, 3.8) is 0 Å². The average Bonchev–Trinajstić information content (AvgIpc) is 2.63. The van der Waals surface area contributed by atoms with Crippen molar-refractivity contribution in [3.8, 4) is 0 Å². The summed E-state index contributed by atoms with van der Waals surface area (Å²) in [5.74, 6) is 0. The van der Waals surface area contributed by atoms with E-state index in [0.717, 1.165) is 16.7 Å². The van der Waals surface area contributed by atoms with Crippen LogP contribution in [0.3, 0.4) is 0 Å². The molecule has 0 fully saturated rings. The molecule has 2 aromatic rings. The van der Waals surface area contributed by atoms with Crippen molar-refractivity contribution in [3.05, 3.63) is 69.2 Å². The number of rotatable bonds is 7. The van der Waals surface area contributed by atoms with E-state index in [-0.39, 0.29) is 5.04 Å². The standard InChI is InChI=1S/C18H19Cl2N3O2S/c1-22-25-17(11-8-12(19)10-13(20)9-11)15-7-5-4-6-14(15)16(23-24-2)18(21)26-3/h4-10,17,21-22H,1-3H3/b21-18?,23-16-. The lowest BCUT2D eigenvalue weighted by molar-refractivity contribution is 0.00964. The number of thioether (sulfide) groups is 1. The molecule has 138 valence electrons. The highest BCUT2D eigenvalue weighted by molar-refractivity contribution is 8.15. The molecule has 0 amide bonds. The largest absolute Gasteiger partial charge is 0.399 e. The van der Waals surface area contributed by atoms with Crippen molar-refractivity contribution >= 4 is 45.7 Å².